The zero-order chi connectivity index (χ0) is 16.0. The van der Waals surface area contributed by atoms with Gasteiger partial charge in [0.2, 0.25) is 5.91 Å². The predicted molar refractivity (Wildman–Crippen MR) is 89.6 cm³/mol. The van der Waals surface area contributed by atoms with Gasteiger partial charge in [0.05, 0.1) is 5.60 Å². The first-order valence-electron chi connectivity index (χ1n) is 7.77. The minimum absolute atomic E-state index is 0.0819. The summed E-state index contributed by atoms with van der Waals surface area (Å²) in [6, 6.07) is 9.90. The van der Waals surface area contributed by atoms with Crippen LogP contribution in [0.1, 0.15) is 18.4 Å². The molecule has 1 aliphatic heterocycles. The number of hydrogen-bond donors (Lipinski definition) is 0. The van der Waals surface area contributed by atoms with Crippen LogP contribution in [0.4, 0.5) is 0 Å². The molecule has 1 aromatic rings. The summed E-state index contributed by atoms with van der Waals surface area (Å²) in [6.45, 7) is 2.39. The van der Waals surface area contributed by atoms with Crippen molar-refractivity contribution in [3.63, 3.8) is 0 Å². The number of rotatable bonds is 5. The Morgan fingerprint density at radius 3 is 2.45 bits per heavy atom. The van der Waals surface area contributed by atoms with E-state index in [4.69, 9.17) is 4.74 Å². The van der Waals surface area contributed by atoms with Crippen molar-refractivity contribution in [2.24, 2.45) is 0 Å². The van der Waals surface area contributed by atoms with Crippen LogP contribution in [-0.4, -0.2) is 62.1 Å². The summed E-state index contributed by atoms with van der Waals surface area (Å²) in [5.41, 5.74) is 0.926. The zero-order valence-electron chi connectivity index (χ0n) is 13.8. The first kappa shape index (κ1) is 16.7. The fourth-order valence-electron chi connectivity index (χ4n) is 2.97. The quantitative estimate of drug-likeness (QED) is 0.782. The molecule has 1 aliphatic rings. The molecule has 0 unspecified atom stereocenters. The Morgan fingerprint density at radius 1 is 1.27 bits per heavy atom. The molecule has 4 heteroatoms. The van der Waals surface area contributed by atoms with Gasteiger partial charge in [-0.3, -0.25) is 4.79 Å². The highest BCUT2D eigenvalue weighted by Gasteiger charge is 2.35. The lowest BCUT2D eigenvalue weighted by Crippen LogP contribution is -2.51. The van der Waals surface area contributed by atoms with E-state index in [0.29, 0.717) is 0 Å². The number of likely N-dealkylation sites (N-methyl/N-ethyl adjacent to an activating group) is 1. The maximum absolute atomic E-state index is 12.3. The molecular formula is C18H26N2O2. The molecule has 0 aliphatic carbocycles. The molecule has 4 nitrogen and oxygen atoms in total. The van der Waals surface area contributed by atoms with Crippen molar-refractivity contribution < 1.29 is 9.53 Å². The van der Waals surface area contributed by atoms with Gasteiger partial charge in [-0.05, 0) is 38.6 Å². The average Bonchev–Trinajstić information content (AvgIpc) is 2.53. The van der Waals surface area contributed by atoms with Crippen molar-refractivity contribution in [3.05, 3.63) is 42.0 Å². The summed E-state index contributed by atoms with van der Waals surface area (Å²) >= 11 is 0. The molecule has 0 aromatic heterocycles. The number of methoxy groups -OCH3 is 1. The Hall–Kier alpha value is -1.65. The predicted octanol–water partition coefficient (Wildman–Crippen LogP) is 2.27. The van der Waals surface area contributed by atoms with Crippen molar-refractivity contribution in [3.8, 4) is 0 Å². The van der Waals surface area contributed by atoms with Crippen LogP contribution in [0.25, 0.3) is 6.08 Å². The van der Waals surface area contributed by atoms with Gasteiger partial charge in [-0.15, -0.1) is 0 Å². The van der Waals surface area contributed by atoms with Crippen LogP contribution in [0.15, 0.2) is 36.4 Å². The molecule has 0 spiro atoms. The maximum atomic E-state index is 12.3. The number of benzene rings is 1. The van der Waals surface area contributed by atoms with E-state index >= 15 is 0 Å². The number of hydrogen-bond acceptors (Lipinski definition) is 3. The van der Waals surface area contributed by atoms with Crippen LogP contribution in [0.5, 0.6) is 0 Å². The van der Waals surface area contributed by atoms with Crippen LogP contribution in [-0.2, 0) is 9.53 Å². The third-order valence-electron chi connectivity index (χ3n) is 4.24. The normalized spacial score (nSPS) is 18.1. The van der Waals surface area contributed by atoms with Crippen molar-refractivity contribution in [1.29, 1.82) is 0 Å². The molecule has 1 amide bonds. The van der Waals surface area contributed by atoms with Crippen molar-refractivity contribution in [1.82, 2.24) is 9.80 Å². The number of likely N-dealkylation sites (tertiary alicyclic amines) is 1. The number of piperidine rings is 1. The lowest BCUT2D eigenvalue weighted by atomic mass is 9.90. The molecule has 1 fully saturated rings. The zero-order valence-corrected chi connectivity index (χ0v) is 13.8. The Balaban J connectivity index is 1.91. The van der Waals surface area contributed by atoms with Crippen molar-refractivity contribution in [2.45, 2.75) is 18.4 Å². The first-order chi connectivity index (χ1) is 10.5. The fourth-order valence-corrected chi connectivity index (χ4v) is 2.97. The highest BCUT2D eigenvalue weighted by atomic mass is 16.5. The minimum Gasteiger partial charge on any atom is -0.377 e. The van der Waals surface area contributed by atoms with E-state index in [0.717, 1.165) is 38.0 Å². The van der Waals surface area contributed by atoms with E-state index in [2.05, 4.69) is 19.0 Å². The molecule has 0 N–H and O–H groups in total. The van der Waals surface area contributed by atoms with Crippen molar-refractivity contribution in [2.75, 3.05) is 40.8 Å². The van der Waals surface area contributed by atoms with Gasteiger partial charge in [0.1, 0.15) is 0 Å². The van der Waals surface area contributed by atoms with Gasteiger partial charge in [-0.1, -0.05) is 30.3 Å². The second kappa shape index (κ2) is 7.56. The summed E-state index contributed by atoms with van der Waals surface area (Å²) < 4.78 is 5.75. The van der Waals surface area contributed by atoms with Crippen LogP contribution >= 0.6 is 0 Å². The number of carbonyl (C=O) groups excluding carboxylic acids is 1. The second-order valence-corrected chi connectivity index (χ2v) is 6.19. The maximum Gasteiger partial charge on any atom is 0.246 e. The third kappa shape index (κ3) is 4.42. The Morgan fingerprint density at radius 2 is 1.91 bits per heavy atom. The van der Waals surface area contributed by atoms with E-state index in [1.54, 1.807) is 13.2 Å². The summed E-state index contributed by atoms with van der Waals surface area (Å²) in [5.74, 6) is 0.0819. The van der Waals surface area contributed by atoms with E-state index in [1.165, 1.54) is 0 Å². The monoisotopic (exact) mass is 302 g/mol. The summed E-state index contributed by atoms with van der Waals surface area (Å²) in [6.07, 6.45) is 5.31. The SMILES string of the molecule is COC1(CN(C)C)CCN(C(=O)C=Cc2ccccc2)CC1. The van der Waals surface area contributed by atoms with Crippen LogP contribution in [0, 0.1) is 0 Å². The standard InChI is InChI=1S/C18H26N2O2/c1-19(2)15-18(22-3)11-13-20(14-12-18)17(21)10-9-16-7-5-4-6-8-16/h4-10H,11-15H2,1-3H3. The number of carbonyl (C=O) groups is 1. The van der Waals surface area contributed by atoms with Gasteiger partial charge < -0.3 is 14.5 Å². The number of nitrogens with zero attached hydrogens (tertiary/aromatic N) is 2. The molecule has 0 bridgehead atoms. The highest BCUT2D eigenvalue weighted by Crippen LogP contribution is 2.26. The Kier molecular flexibility index (Phi) is 5.75. The van der Waals surface area contributed by atoms with Crippen molar-refractivity contribution >= 4 is 12.0 Å². The van der Waals surface area contributed by atoms with Gasteiger partial charge in [0.25, 0.3) is 0 Å². The topological polar surface area (TPSA) is 32.8 Å². The van der Waals surface area contributed by atoms with Gasteiger partial charge in [0.15, 0.2) is 0 Å². The molecular weight excluding hydrogens is 276 g/mol. The molecule has 2 rings (SSSR count). The highest BCUT2D eigenvalue weighted by molar-refractivity contribution is 5.91. The molecule has 0 atom stereocenters. The molecule has 1 heterocycles. The number of ether oxygens (including phenoxy) is 1. The lowest BCUT2D eigenvalue weighted by Gasteiger charge is -2.42. The molecule has 0 saturated carbocycles. The smallest absolute Gasteiger partial charge is 0.246 e. The first-order valence-corrected chi connectivity index (χ1v) is 7.77. The van der Waals surface area contributed by atoms with Gasteiger partial charge in [-0.25, -0.2) is 0 Å². The molecule has 0 radical (unpaired) electrons. The largest absolute Gasteiger partial charge is 0.377 e. The summed E-state index contributed by atoms with van der Waals surface area (Å²) in [5, 5.41) is 0. The van der Waals surface area contributed by atoms with E-state index < -0.39 is 0 Å². The Labute approximate surface area is 133 Å². The van der Waals surface area contributed by atoms with Crippen LogP contribution < -0.4 is 0 Å². The lowest BCUT2D eigenvalue weighted by molar-refractivity contribution is -0.132. The molecule has 1 aromatic carbocycles. The van der Waals surface area contributed by atoms with Gasteiger partial charge in [0, 0.05) is 32.8 Å². The van der Waals surface area contributed by atoms with Gasteiger partial charge >= 0.3 is 0 Å². The van der Waals surface area contributed by atoms with Crippen LogP contribution in [0.2, 0.25) is 0 Å². The average molecular weight is 302 g/mol. The third-order valence-corrected chi connectivity index (χ3v) is 4.24. The number of amides is 1. The summed E-state index contributed by atoms with van der Waals surface area (Å²) in [4.78, 5) is 16.3. The molecule has 1 saturated heterocycles. The molecule has 120 valence electrons. The van der Waals surface area contributed by atoms with E-state index in [9.17, 15) is 4.79 Å². The van der Waals surface area contributed by atoms with Gasteiger partial charge in [-0.2, -0.15) is 0 Å². The minimum atomic E-state index is -0.122. The van der Waals surface area contributed by atoms with Crippen LogP contribution in [0.3, 0.4) is 0 Å². The molecule has 22 heavy (non-hydrogen) atoms. The van der Waals surface area contributed by atoms with E-state index in [1.807, 2.05) is 41.3 Å². The van der Waals surface area contributed by atoms with E-state index in [-0.39, 0.29) is 11.5 Å². The Bertz CT molecular complexity index is 503. The second-order valence-electron chi connectivity index (χ2n) is 6.19. The summed E-state index contributed by atoms with van der Waals surface area (Å²) in [7, 11) is 5.89. The fraction of sp³-hybridized carbons (Fsp3) is 0.500.